The number of rotatable bonds is 7. The molecule has 2 heterocycles. The van der Waals surface area contributed by atoms with Gasteiger partial charge in [0.2, 0.25) is 5.91 Å². The maximum absolute atomic E-state index is 12.5. The molecule has 2 aromatic heterocycles. The van der Waals surface area contributed by atoms with Crippen LogP contribution in [-0.2, 0) is 16.6 Å². The number of aliphatic carboxylic acids is 1. The fraction of sp³-hybridized carbons (Fsp3) is 0.529. The first kappa shape index (κ1) is 19.9. The molecular weight excluding hydrogens is 356 g/mol. The highest BCUT2D eigenvalue weighted by Crippen LogP contribution is 2.27. The zero-order valence-corrected chi connectivity index (χ0v) is 16.4. The van der Waals surface area contributed by atoms with Crippen molar-refractivity contribution in [3.8, 4) is 0 Å². The van der Waals surface area contributed by atoms with E-state index < -0.39 is 17.9 Å². The highest BCUT2D eigenvalue weighted by molar-refractivity contribution is 7.20. The van der Waals surface area contributed by atoms with Gasteiger partial charge in [-0.25, -0.2) is 0 Å². The highest BCUT2D eigenvalue weighted by Gasteiger charge is 2.25. The number of nitrogens with zero attached hydrogens (tertiary/aromatic N) is 3. The van der Waals surface area contributed by atoms with Gasteiger partial charge in [-0.3, -0.25) is 19.1 Å². The van der Waals surface area contributed by atoms with Gasteiger partial charge in [0.1, 0.15) is 17.4 Å². The Bertz CT molecular complexity index is 805. The predicted octanol–water partition coefficient (Wildman–Crippen LogP) is 1.63. The zero-order valence-electron chi connectivity index (χ0n) is 15.6. The summed E-state index contributed by atoms with van der Waals surface area (Å²) in [6.07, 6.45) is 0. The number of hydrogen-bond donors (Lipinski definition) is 2. The lowest BCUT2D eigenvalue weighted by Crippen LogP contribution is -2.49. The van der Waals surface area contributed by atoms with Gasteiger partial charge in [0.05, 0.1) is 10.6 Å². The molecule has 0 aliphatic carbocycles. The van der Waals surface area contributed by atoms with Gasteiger partial charge in [-0.15, -0.1) is 11.3 Å². The normalized spacial score (nSPS) is 12.4. The molecule has 2 aromatic rings. The highest BCUT2D eigenvalue weighted by atomic mass is 32.1. The predicted molar refractivity (Wildman–Crippen MR) is 99.3 cm³/mol. The van der Waals surface area contributed by atoms with Crippen molar-refractivity contribution in [3.63, 3.8) is 0 Å². The molecule has 0 radical (unpaired) electrons. The molecule has 142 valence electrons. The van der Waals surface area contributed by atoms with E-state index in [0.29, 0.717) is 11.4 Å². The Labute approximate surface area is 155 Å². The number of carbonyl (C=O) groups is 3. The first-order valence-corrected chi connectivity index (χ1v) is 9.16. The van der Waals surface area contributed by atoms with Crippen LogP contribution in [0.4, 0.5) is 0 Å². The van der Waals surface area contributed by atoms with Crippen molar-refractivity contribution in [2.24, 2.45) is 13.0 Å². The fourth-order valence-corrected chi connectivity index (χ4v) is 3.78. The first-order valence-electron chi connectivity index (χ1n) is 8.34. The lowest BCUT2D eigenvalue weighted by Gasteiger charge is -2.26. The van der Waals surface area contributed by atoms with Gasteiger partial charge >= 0.3 is 5.97 Å². The van der Waals surface area contributed by atoms with Crippen molar-refractivity contribution >= 4 is 39.3 Å². The maximum atomic E-state index is 12.5. The number of nitrogens with one attached hydrogen (secondary N) is 1. The van der Waals surface area contributed by atoms with Gasteiger partial charge in [0.25, 0.3) is 5.91 Å². The first-order chi connectivity index (χ1) is 12.1. The Morgan fingerprint density at radius 1 is 1.35 bits per heavy atom. The van der Waals surface area contributed by atoms with E-state index in [-0.39, 0.29) is 18.4 Å². The van der Waals surface area contributed by atoms with Crippen LogP contribution >= 0.6 is 11.3 Å². The average Bonchev–Trinajstić information content (AvgIpc) is 3.07. The minimum atomic E-state index is -1.08. The average molecular weight is 380 g/mol. The standard InChI is InChI=1S/C17H24N4O4S/c1-9(2)7-21(8-14(22)23)16(25)11(4)18-15(24)13-6-12-10(3)19-20(5)17(12)26-13/h6,9,11H,7-8H2,1-5H3,(H,18,24)(H,22,23). The van der Waals surface area contributed by atoms with E-state index in [1.54, 1.807) is 17.7 Å². The summed E-state index contributed by atoms with van der Waals surface area (Å²) in [6.45, 7) is 7.18. The van der Waals surface area contributed by atoms with Gasteiger partial charge in [0.15, 0.2) is 0 Å². The van der Waals surface area contributed by atoms with Crippen LogP contribution in [0.1, 0.15) is 36.1 Å². The monoisotopic (exact) mass is 380 g/mol. The molecule has 9 heteroatoms. The Balaban J connectivity index is 2.11. The van der Waals surface area contributed by atoms with Crippen LogP contribution in [-0.4, -0.2) is 56.7 Å². The molecule has 1 atom stereocenters. The van der Waals surface area contributed by atoms with E-state index in [1.165, 1.54) is 16.2 Å². The van der Waals surface area contributed by atoms with Crippen LogP contribution < -0.4 is 5.32 Å². The van der Waals surface area contributed by atoms with Gasteiger partial charge in [0, 0.05) is 19.0 Å². The van der Waals surface area contributed by atoms with Crippen molar-refractivity contribution in [3.05, 3.63) is 16.6 Å². The van der Waals surface area contributed by atoms with E-state index in [0.717, 1.165) is 15.9 Å². The number of fused-ring (bicyclic) bond motifs is 1. The third-order valence-electron chi connectivity index (χ3n) is 3.86. The smallest absolute Gasteiger partial charge is 0.323 e. The zero-order chi connectivity index (χ0) is 19.6. The number of carboxylic acid groups (broad SMARTS) is 1. The van der Waals surface area contributed by atoms with Crippen LogP contribution in [0.25, 0.3) is 10.2 Å². The second-order valence-corrected chi connectivity index (χ2v) is 7.77. The van der Waals surface area contributed by atoms with Crippen molar-refractivity contribution in [2.45, 2.75) is 33.7 Å². The molecular formula is C17H24N4O4S. The van der Waals surface area contributed by atoms with Gasteiger partial charge < -0.3 is 15.3 Å². The van der Waals surface area contributed by atoms with E-state index >= 15 is 0 Å². The summed E-state index contributed by atoms with van der Waals surface area (Å²) in [5.74, 6) is -1.72. The maximum Gasteiger partial charge on any atom is 0.323 e. The number of carboxylic acids is 1. The van der Waals surface area contributed by atoms with E-state index in [9.17, 15) is 14.4 Å². The molecule has 0 aliphatic rings. The third-order valence-corrected chi connectivity index (χ3v) is 5.06. The minimum absolute atomic E-state index is 0.124. The third kappa shape index (κ3) is 4.40. The van der Waals surface area contributed by atoms with Gasteiger partial charge in [-0.1, -0.05) is 13.8 Å². The number of amides is 2. The van der Waals surface area contributed by atoms with Crippen LogP contribution in [0.15, 0.2) is 6.07 Å². The lowest BCUT2D eigenvalue weighted by molar-refractivity contribution is -0.145. The Hall–Kier alpha value is -2.42. The molecule has 2 rings (SSSR count). The van der Waals surface area contributed by atoms with Crippen LogP contribution in [0.2, 0.25) is 0 Å². The van der Waals surface area contributed by atoms with Gasteiger partial charge in [-0.2, -0.15) is 5.10 Å². The second-order valence-electron chi connectivity index (χ2n) is 6.74. The SMILES string of the molecule is Cc1nn(C)c2sc(C(=O)NC(C)C(=O)N(CC(=O)O)CC(C)C)cc12. The summed E-state index contributed by atoms with van der Waals surface area (Å²) in [7, 11) is 1.81. The Morgan fingerprint density at radius 3 is 2.54 bits per heavy atom. The van der Waals surface area contributed by atoms with Crippen molar-refractivity contribution in [2.75, 3.05) is 13.1 Å². The molecule has 0 spiro atoms. The van der Waals surface area contributed by atoms with E-state index in [1.807, 2.05) is 27.8 Å². The summed E-state index contributed by atoms with van der Waals surface area (Å²) in [5.41, 5.74) is 0.839. The number of aryl methyl sites for hydroxylation is 2. The number of carbonyl (C=O) groups excluding carboxylic acids is 2. The quantitative estimate of drug-likeness (QED) is 0.760. The van der Waals surface area contributed by atoms with Crippen molar-refractivity contribution in [1.29, 1.82) is 0 Å². The molecule has 0 bridgehead atoms. The molecule has 1 unspecified atom stereocenters. The van der Waals surface area contributed by atoms with E-state index in [4.69, 9.17) is 5.11 Å². The molecule has 0 saturated heterocycles. The number of hydrogen-bond acceptors (Lipinski definition) is 5. The Kier molecular flexibility index (Phi) is 6.01. The van der Waals surface area contributed by atoms with Crippen LogP contribution in [0.5, 0.6) is 0 Å². The molecule has 2 N–H and O–H groups in total. The molecule has 26 heavy (non-hydrogen) atoms. The number of aromatic nitrogens is 2. The van der Waals surface area contributed by atoms with Crippen molar-refractivity contribution in [1.82, 2.24) is 20.0 Å². The summed E-state index contributed by atoms with van der Waals surface area (Å²) in [5, 5.41) is 16.9. The molecule has 0 saturated carbocycles. The summed E-state index contributed by atoms with van der Waals surface area (Å²) in [4.78, 5) is 38.7. The largest absolute Gasteiger partial charge is 0.480 e. The number of thiophene rings is 1. The molecule has 0 aliphatic heterocycles. The topological polar surface area (TPSA) is 105 Å². The van der Waals surface area contributed by atoms with E-state index in [2.05, 4.69) is 10.4 Å². The minimum Gasteiger partial charge on any atom is -0.480 e. The molecule has 0 fully saturated rings. The molecule has 2 amide bonds. The Morgan fingerprint density at radius 2 is 2.00 bits per heavy atom. The molecule has 0 aromatic carbocycles. The summed E-state index contributed by atoms with van der Waals surface area (Å²) >= 11 is 1.31. The summed E-state index contributed by atoms with van der Waals surface area (Å²) < 4.78 is 1.72. The fourth-order valence-electron chi connectivity index (χ4n) is 2.76. The van der Waals surface area contributed by atoms with Gasteiger partial charge in [-0.05, 0) is 25.8 Å². The lowest BCUT2D eigenvalue weighted by atomic mass is 10.2. The molecule has 8 nitrogen and oxygen atoms in total. The summed E-state index contributed by atoms with van der Waals surface area (Å²) in [6, 6.07) is 0.947. The van der Waals surface area contributed by atoms with Crippen molar-refractivity contribution < 1.29 is 19.5 Å². The van der Waals surface area contributed by atoms with Crippen LogP contribution in [0.3, 0.4) is 0 Å². The van der Waals surface area contributed by atoms with Crippen LogP contribution in [0, 0.1) is 12.8 Å². The second kappa shape index (κ2) is 7.86.